The third-order valence-corrected chi connectivity index (χ3v) is 4.33. The Bertz CT molecular complexity index is 1010. The first-order valence-corrected chi connectivity index (χ1v) is 8.09. The van der Waals surface area contributed by atoms with Crippen molar-refractivity contribution in [3.8, 4) is 23.0 Å². The molecule has 0 spiro atoms. The molecule has 0 radical (unpaired) electrons. The Hall–Kier alpha value is -2.88. The second-order valence-electron chi connectivity index (χ2n) is 6.03. The number of nitrogens with zero attached hydrogens (tertiary/aromatic N) is 2. The SMILES string of the molecule is CCc1ccc(-c2nc(-c3oc4ccc(C)cc4c3C)no2)cc1. The van der Waals surface area contributed by atoms with Crippen LogP contribution in [0, 0.1) is 13.8 Å². The summed E-state index contributed by atoms with van der Waals surface area (Å²) >= 11 is 0. The molecule has 0 aliphatic carbocycles. The fraction of sp³-hybridized carbons (Fsp3) is 0.200. The van der Waals surface area contributed by atoms with E-state index in [4.69, 9.17) is 8.94 Å². The monoisotopic (exact) mass is 318 g/mol. The van der Waals surface area contributed by atoms with E-state index < -0.39 is 0 Å². The van der Waals surface area contributed by atoms with E-state index in [0.717, 1.165) is 28.5 Å². The molecule has 0 unspecified atom stereocenters. The topological polar surface area (TPSA) is 52.1 Å². The van der Waals surface area contributed by atoms with E-state index in [1.54, 1.807) is 0 Å². The quantitative estimate of drug-likeness (QED) is 0.512. The average Bonchev–Trinajstić information content (AvgIpc) is 3.21. The van der Waals surface area contributed by atoms with Crippen molar-refractivity contribution in [2.45, 2.75) is 27.2 Å². The molecule has 0 saturated heterocycles. The van der Waals surface area contributed by atoms with Crippen LogP contribution >= 0.6 is 0 Å². The first kappa shape index (κ1) is 14.7. The van der Waals surface area contributed by atoms with Gasteiger partial charge in [0.1, 0.15) is 5.58 Å². The van der Waals surface area contributed by atoms with E-state index in [-0.39, 0.29) is 0 Å². The van der Waals surface area contributed by atoms with Gasteiger partial charge in [-0.15, -0.1) is 0 Å². The van der Waals surface area contributed by atoms with E-state index in [1.807, 2.05) is 31.2 Å². The predicted molar refractivity (Wildman–Crippen MR) is 93.8 cm³/mol. The summed E-state index contributed by atoms with van der Waals surface area (Å²) in [5.41, 5.74) is 5.26. The lowest BCUT2D eigenvalue weighted by Gasteiger charge is -1.97. The lowest BCUT2D eigenvalue weighted by atomic mass is 10.1. The predicted octanol–water partition coefficient (Wildman–Crippen LogP) is 5.33. The largest absolute Gasteiger partial charge is 0.452 e. The maximum absolute atomic E-state index is 5.94. The van der Waals surface area contributed by atoms with Gasteiger partial charge in [-0.2, -0.15) is 4.98 Å². The van der Waals surface area contributed by atoms with Crippen LogP contribution in [-0.4, -0.2) is 10.1 Å². The van der Waals surface area contributed by atoms with Crippen LogP contribution < -0.4 is 0 Å². The van der Waals surface area contributed by atoms with Crippen LogP contribution in [0.25, 0.3) is 34.0 Å². The number of hydrogen-bond acceptors (Lipinski definition) is 4. The zero-order valence-electron chi connectivity index (χ0n) is 14.0. The molecule has 0 bridgehead atoms. The molecule has 0 atom stereocenters. The third-order valence-electron chi connectivity index (χ3n) is 4.33. The molecular weight excluding hydrogens is 300 g/mol. The number of benzene rings is 2. The van der Waals surface area contributed by atoms with Crippen LogP contribution in [0.15, 0.2) is 51.4 Å². The highest BCUT2D eigenvalue weighted by atomic mass is 16.5. The Morgan fingerprint density at radius 2 is 1.79 bits per heavy atom. The van der Waals surface area contributed by atoms with Gasteiger partial charge in [0, 0.05) is 16.5 Å². The minimum atomic E-state index is 0.482. The summed E-state index contributed by atoms with van der Waals surface area (Å²) in [6.07, 6.45) is 1.01. The fourth-order valence-corrected chi connectivity index (χ4v) is 2.86. The van der Waals surface area contributed by atoms with Crippen molar-refractivity contribution in [2.75, 3.05) is 0 Å². The van der Waals surface area contributed by atoms with E-state index in [2.05, 4.69) is 42.2 Å². The van der Waals surface area contributed by atoms with E-state index in [9.17, 15) is 0 Å². The highest BCUT2D eigenvalue weighted by molar-refractivity contribution is 5.87. The molecular formula is C20H18N2O2. The van der Waals surface area contributed by atoms with Gasteiger partial charge in [0.25, 0.3) is 5.89 Å². The Kier molecular flexibility index (Phi) is 3.45. The number of aromatic nitrogens is 2. The third kappa shape index (κ3) is 2.40. The number of fused-ring (bicyclic) bond motifs is 1. The van der Waals surface area contributed by atoms with Crippen LogP contribution in [0.5, 0.6) is 0 Å². The lowest BCUT2D eigenvalue weighted by Crippen LogP contribution is -1.83. The summed E-state index contributed by atoms with van der Waals surface area (Å²) in [5.74, 6) is 1.65. The minimum absolute atomic E-state index is 0.482. The molecule has 4 rings (SSSR count). The van der Waals surface area contributed by atoms with Crippen molar-refractivity contribution in [3.63, 3.8) is 0 Å². The molecule has 0 aliphatic rings. The molecule has 2 aromatic carbocycles. The van der Waals surface area contributed by atoms with Crippen molar-refractivity contribution in [1.82, 2.24) is 10.1 Å². The molecule has 0 fully saturated rings. The van der Waals surface area contributed by atoms with Crippen molar-refractivity contribution in [1.29, 1.82) is 0 Å². The zero-order valence-corrected chi connectivity index (χ0v) is 14.0. The fourth-order valence-electron chi connectivity index (χ4n) is 2.86. The molecule has 24 heavy (non-hydrogen) atoms. The van der Waals surface area contributed by atoms with Crippen molar-refractivity contribution >= 4 is 11.0 Å². The zero-order chi connectivity index (χ0) is 16.7. The Balaban J connectivity index is 1.75. The smallest absolute Gasteiger partial charge is 0.258 e. The minimum Gasteiger partial charge on any atom is -0.452 e. The first-order chi connectivity index (χ1) is 11.7. The molecule has 4 heteroatoms. The van der Waals surface area contributed by atoms with Crippen molar-refractivity contribution in [3.05, 3.63) is 59.2 Å². The number of furan rings is 1. The summed E-state index contributed by atoms with van der Waals surface area (Å²) in [6.45, 7) is 6.22. The van der Waals surface area contributed by atoms with Crippen LogP contribution in [0.4, 0.5) is 0 Å². The molecule has 2 heterocycles. The van der Waals surface area contributed by atoms with Gasteiger partial charge < -0.3 is 8.94 Å². The Morgan fingerprint density at radius 1 is 1.00 bits per heavy atom. The number of hydrogen-bond donors (Lipinski definition) is 0. The summed E-state index contributed by atoms with van der Waals surface area (Å²) in [5, 5.41) is 5.19. The Labute approximate surface area is 140 Å². The number of rotatable bonds is 3. The van der Waals surface area contributed by atoms with Crippen molar-refractivity contribution in [2.24, 2.45) is 0 Å². The van der Waals surface area contributed by atoms with Gasteiger partial charge in [0.15, 0.2) is 5.76 Å². The van der Waals surface area contributed by atoms with Crippen LogP contribution in [-0.2, 0) is 6.42 Å². The maximum Gasteiger partial charge on any atom is 0.258 e. The van der Waals surface area contributed by atoms with Crippen LogP contribution in [0.2, 0.25) is 0 Å². The molecule has 0 amide bonds. The summed E-state index contributed by atoms with van der Waals surface area (Å²) < 4.78 is 11.4. The first-order valence-electron chi connectivity index (χ1n) is 8.09. The van der Waals surface area contributed by atoms with Gasteiger partial charge in [-0.05, 0) is 50.1 Å². The summed E-state index contributed by atoms with van der Waals surface area (Å²) in [4.78, 5) is 4.51. The van der Waals surface area contributed by atoms with E-state index >= 15 is 0 Å². The van der Waals surface area contributed by atoms with Gasteiger partial charge in [-0.1, -0.05) is 35.8 Å². The second-order valence-corrected chi connectivity index (χ2v) is 6.03. The molecule has 0 aliphatic heterocycles. The molecule has 0 saturated carbocycles. The second kappa shape index (κ2) is 5.64. The molecule has 0 N–H and O–H groups in total. The van der Waals surface area contributed by atoms with Crippen molar-refractivity contribution < 1.29 is 8.94 Å². The molecule has 120 valence electrons. The van der Waals surface area contributed by atoms with Gasteiger partial charge in [-0.25, -0.2) is 0 Å². The molecule has 4 nitrogen and oxygen atoms in total. The lowest BCUT2D eigenvalue weighted by molar-refractivity contribution is 0.430. The Morgan fingerprint density at radius 3 is 2.54 bits per heavy atom. The summed E-state index contributed by atoms with van der Waals surface area (Å²) in [7, 11) is 0. The van der Waals surface area contributed by atoms with Gasteiger partial charge in [0.05, 0.1) is 0 Å². The number of aryl methyl sites for hydroxylation is 3. The van der Waals surface area contributed by atoms with Crippen LogP contribution in [0.1, 0.15) is 23.6 Å². The van der Waals surface area contributed by atoms with E-state index in [0.29, 0.717) is 17.5 Å². The highest BCUT2D eigenvalue weighted by Crippen LogP contribution is 2.33. The van der Waals surface area contributed by atoms with Gasteiger partial charge in [0.2, 0.25) is 5.82 Å². The standard InChI is InChI=1S/C20H18N2O2/c1-4-14-6-8-15(9-7-14)20-21-19(22-24-20)18-13(3)16-11-12(2)5-10-17(16)23-18/h5-11H,4H2,1-3H3. The average molecular weight is 318 g/mol. The molecule has 4 aromatic rings. The van der Waals surface area contributed by atoms with Crippen LogP contribution in [0.3, 0.4) is 0 Å². The van der Waals surface area contributed by atoms with Gasteiger partial charge >= 0.3 is 0 Å². The highest BCUT2D eigenvalue weighted by Gasteiger charge is 2.18. The summed E-state index contributed by atoms with van der Waals surface area (Å²) in [6, 6.07) is 14.3. The maximum atomic E-state index is 5.94. The normalized spacial score (nSPS) is 11.3. The molecule has 2 aromatic heterocycles. The van der Waals surface area contributed by atoms with E-state index in [1.165, 1.54) is 11.1 Å². The van der Waals surface area contributed by atoms with Gasteiger partial charge in [-0.3, -0.25) is 0 Å².